The third-order valence-electron chi connectivity index (χ3n) is 5.67. The van der Waals surface area contributed by atoms with Crippen LogP contribution in [0.1, 0.15) is 25.8 Å². The summed E-state index contributed by atoms with van der Waals surface area (Å²) in [6, 6.07) is 19.4. The van der Waals surface area contributed by atoms with Crippen LogP contribution < -0.4 is 9.62 Å². The second-order valence-corrected chi connectivity index (χ2v) is 11.2. The Kier molecular flexibility index (Phi) is 8.91. The van der Waals surface area contributed by atoms with Crippen LogP contribution in [0.25, 0.3) is 10.8 Å². The molecule has 3 aromatic rings. The van der Waals surface area contributed by atoms with Crippen LogP contribution in [0.3, 0.4) is 0 Å². The lowest BCUT2D eigenvalue weighted by atomic mass is 10.1. The van der Waals surface area contributed by atoms with Crippen molar-refractivity contribution in [3.05, 3.63) is 76.8 Å². The molecule has 2 amide bonds. The van der Waals surface area contributed by atoms with E-state index in [0.29, 0.717) is 12.2 Å². The fourth-order valence-corrected chi connectivity index (χ4v) is 5.14. The molecule has 0 aliphatic heterocycles. The number of nitrogens with one attached hydrogen (secondary N) is 1. The summed E-state index contributed by atoms with van der Waals surface area (Å²) in [4.78, 5) is 27.9. The van der Waals surface area contributed by atoms with Gasteiger partial charge in [0.15, 0.2) is 0 Å². The summed E-state index contributed by atoms with van der Waals surface area (Å²) in [7, 11) is -3.80. The molecule has 0 heterocycles. The lowest BCUT2D eigenvalue weighted by Gasteiger charge is -2.31. The highest BCUT2D eigenvalue weighted by molar-refractivity contribution is 9.10. The SMILES string of the molecule is CCCNC(=O)C(C)N(Cc1cccc(Br)c1)C(=O)CN(c1cccc2ccccc12)S(C)(=O)=O. The molecular weight excluding hydrogens is 530 g/mol. The number of benzene rings is 3. The van der Waals surface area contributed by atoms with Crippen molar-refractivity contribution in [3.8, 4) is 0 Å². The first-order valence-corrected chi connectivity index (χ1v) is 14.0. The van der Waals surface area contributed by atoms with Crippen molar-refractivity contribution in [1.82, 2.24) is 10.2 Å². The molecule has 1 unspecified atom stereocenters. The maximum Gasteiger partial charge on any atom is 0.244 e. The second-order valence-electron chi connectivity index (χ2n) is 8.39. The summed E-state index contributed by atoms with van der Waals surface area (Å²) < 4.78 is 27.7. The van der Waals surface area contributed by atoms with Crippen LogP contribution in [0, 0.1) is 0 Å². The van der Waals surface area contributed by atoms with E-state index in [9.17, 15) is 18.0 Å². The van der Waals surface area contributed by atoms with Crippen molar-refractivity contribution in [1.29, 1.82) is 0 Å². The van der Waals surface area contributed by atoms with Gasteiger partial charge in [-0.1, -0.05) is 71.4 Å². The maximum atomic E-state index is 13.6. The standard InChI is InChI=1S/C26H30BrN3O4S/c1-4-15-28-26(32)19(2)29(17-20-9-7-12-22(27)16-20)25(31)18-30(35(3,33)34)24-14-8-11-21-10-5-6-13-23(21)24/h5-14,16,19H,4,15,17-18H2,1-3H3,(H,28,32). The van der Waals surface area contributed by atoms with Crippen LogP contribution in [0.4, 0.5) is 5.69 Å². The van der Waals surface area contributed by atoms with Crippen molar-refractivity contribution < 1.29 is 18.0 Å². The van der Waals surface area contributed by atoms with Crippen molar-refractivity contribution in [3.63, 3.8) is 0 Å². The molecule has 0 bridgehead atoms. The summed E-state index contributed by atoms with van der Waals surface area (Å²) in [6.45, 7) is 3.83. The van der Waals surface area contributed by atoms with E-state index in [4.69, 9.17) is 0 Å². The van der Waals surface area contributed by atoms with Gasteiger partial charge in [-0.25, -0.2) is 8.42 Å². The number of hydrogen-bond donors (Lipinski definition) is 1. The van der Waals surface area contributed by atoms with Crippen LogP contribution in [0.15, 0.2) is 71.2 Å². The number of nitrogens with zero attached hydrogens (tertiary/aromatic N) is 2. The van der Waals surface area contributed by atoms with Gasteiger partial charge in [0.25, 0.3) is 0 Å². The minimum absolute atomic E-state index is 0.159. The Balaban J connectivity index is 1.98. The number of carbonyl (C=O) groups excluding carboxylic acids is 2. The van der Waals surface area contributed by atoms with Crippen LogP contribution in [0.5, 0.6) is 0 Å². The van der Waals surface area contributed by atoms with E-state index in [-0.39, 0.29) is 12.5 Å². The Morgan fingerprint density at radius 1 is 1.03 bits per heavy atom. The molecule has 0 aliphatic carbocycles. The molecule has 35 heavy (non-hydrogen) atoms. The number of fused-ring (bicyclic) bond motifs is 1. The normalized spacial score (nSPS) is 12.2. The maximum absolute atomic E-state index is 13.6. The predicted octanol–water partition coefficient (Wildman–Crippen LogP) is 4.31. The lowest BCUT2D eigenvalue weighted by molar-refractivity contribution is -0.139. The third kappa shape index (κ3) is 6.82. The molecule has 9 heteroatoms. The zero-order chi connectivity index (χ0) is 25.6. The van der Waals surface area contributed by atoms with E-state index >= 15 is 0 Å². The fraction of sp³-hybridized carbons (Fsp3) is 0.308. The summed E-state index contributed by atoms with van der Waals surface area (Å²) in [6.07, 6.45) is 1.85. The van der Waals surface area contributed by atoms with Crippen LogP contribution in [-0.2, 0) is 26.2 Å². The molecule has 0 spiro atoms. The van der Waals surface area contributed by atoms with Gasteiger partial charge < -0.3 is 10.2 Å². The van der Waals surface area contributed by atoms with Gasteiger partial charge in [-0.05, 0) is 42.5 Å². The first-order chi connectivity index (χ1) is 16.6. The first kappa shape index (κ1) is 26.7. The van der Waals surface area contributed by atoms with Crippen molar-refractivity contribution in [2.45, 2.75) is 32.9 Å². The van der Waals surface area contributed by atoms with Gasteiger partial charge >= 0.3 is 0 Å². The second kappa shape index (κ2) is 11.7. The first-order valence-electron chi connectivity index (χ1n) is 11.4. The molecule has 0 saturated heterocycles. The number of sulfonamides is 1. The molecule has 0 radical (unpaired) electrons. The van der Waals surface area contributed by atoms with E-state index in [1.54, 1.807) is 19.1 Å². The highest BCUT2D eigenvalue weighted by atomic mass is 79.9. The monoisotopic (exact) mass is 559 g/mol. The molecule has 0 fully saturated rings. The summed E-state index contributed by atoms with van der Waals surface area (Å²) in [5, 5.41) is 4.42. The van der Waals surface area contributed by atoms with Crippen molar-refractivity contribution in [2.24, 2.45) is 0 Å². The number of amides is 2. The average Bonchev–Trinajstić information content (AvgIpc) is 2.83. The van der Waals surface area contributed by atoms with Crippen LogP contribution >= 0.6 is 15.9 Å². The van der Waals surface area contributed by atoms with Gasteiger partial charge in [0.1, 0.15) is 12.6 Å². The Hall–Kier alpha value is -2.91. The molecule has 3 aromatic carbocycles. The van der Waals surface area contributed by atoms with Gasteiger partial charge in [0.2, 0.25) is 21.8 Å². The van der Waals surface area contributed by atoms with Gasteiger partial charge in [-0.15, -0.1) is 0 Å². The molecule has 0 aliphatic rings. The Labute approximate surface area is 215 Å². The summed E-state index contributed by atoms with van der Waals surface area (Å²) >= 11 is 3.44. The molecule has 0 saturated carbocycles. The number of carbonyl (C=O) groups is 2. The van der Waals surface area contributed by atoms with Crippen molar-refractivity contribution >= 4 is 54.2 Å². The summed E-state index contributed by atoms with van der Waals surface area (Å²) in [5.41, 5.74) is 1.24. The number of hydrogen-bond acceptors (Lipinski definition) is 4. The quantitative estimate of drug-likeness (QED) is 0.401. The van der Waals surface area contributed by atoms with Gasteiger partial charge in [0.05, 0.1) is 11.9 Å². The fourth-order valence-electron chi connectivity index (χ4n) is 3.83. The zero-order valence-corrected chi connectivity index (χ0v) is 22.5. The van der Waals surface area contributed by atoms with E-state index in [0.717, 1.165) is 37.8 Å². The minimum atomic E-state index is -3.80. The highest BCUT2D eigenvalue weighted by Gasteiger charge is 2.30. The molecule has 7 nitrogen and oxygen atoms in total. The van der Waals surface area contributed by atoms with Gasteiger partial charge in [-0.3, -0.25) is 13.9 Å². The Bertz CT molecular complexity index is 1310. The molecule has 1 N–H and O–H groups in total. The molecule has 3 rings (SSSR count). The van der Waals surface area contributed by atoms with Gasteiger partial charge in [-0.2, -0.15) is 0 Å². The van der Waals surface area contributed by atoms with Gasteiger partial charge in [0, 0.05) is 22.9 Å². The smallest absolute Gasteiger partial charge is 0.244 e. The Morgan fingerprint density at radius 2 is 1.71 bits per heavy atom. The van der Waals surface area contributed by atoms with E-state index in [2.05, 4.69) is 21.2 Å². The number of halogens is 1. The van der Waals surface area contributed by atoms with Crippen molar-refractivity contribution in [2.75, 3.05) is 23.7 Å². The third-order valence-corrected chi connectivity index (χ3v) is 7.29. The highest BCUT2D eigenvalue weighted by Crippen LogP contribution is 2.28. The van der Waals surface area contributed by atoms with Crippen LogP contribution in [-0.4, -0.2) is 50.5 Å². The molecule has 0 aromatic heterocycles. The molecule has 186 valence electrons. The zero-order valence-electron chi connectivity index (χ0n) is 20.1. The van der Waals surface area contributed by atoms with E-state index in [1.807, 2.05) is 61.5 Å². The predicted molar refractivity (Wildman–Crippen MR) is 144 cm³/mol. The molecule has 1 atom stereocenters. The minimum Gasteiger partial charge on any atom is -0.354 e. The molecular formula is C26H30BrN3O4S. The number of anilines is 1. The van der Waals surface area contributed by atoms with Crippen LogP contribution in [0.2, 0.25) is 0 Å². The topological polar surface area (TPSA) is 86.8 Å². The van der Waals surface area contributed by atoms with E-state index < -0.39 is 28.5 Å². The number of rotatable bonds is 10. The average molecular weight is 561 g/mol. The Morgan fingerprint density at radius 3 is 2.40 bits per heavy atom. The largest absolute Gasteiger partial charge is 0.354 e. The van der Waals surface area contributed by atoms with E-state index in [1.165, 1.54) is 4.90 Å². The summed E-state index contributed by atoms with van der Waals surface area (Å²) in [5.74, 6) is -0.756. The lowest BCUT2D eigenvalue weighted by Crippen LogP contribution is -2.51.